The molecule has 0 unspecified atom stereocenters. The summed E-state index contributed by atoms with van der Waals surface area (Å²) >= 11 is 0. The predicted octanol–water partition coefficient (Wildman–Crippen LogP) is 4.78. The van der Waals surface area contributed by atoms with Crippen molar-refractivity contribution in [2.45, 2.75) is 38.0 Å². The average Bonchev–Trinajstić information content (AvgIpc) is 2.93. The molecule has 0 bridgehead atoms. The Labute approximate surface area is 236 Å². The Balaban J connectivity index is 1.85. The second-order valence-corrected chi connectivity index (χ2v) is 11.4. The topological polar surface area (TPSA) is 86.8 Å². The summed E-state index contributed by atoms with van der Waals surface area (Å²) in [6.45, 7) is -0.285. The van der Waals surface area contributed by atoms with Crippen molar-refractivity contribution in [2.75, 3.05) is 24.2 Å². The number of carbonyl (C=O) groups is 2. The number of alkyl halides is 3. The van der Waals surface area contributed by atoms with Gasteiger partial charge in [-0.15, -0.1) is 0 Å². The lowest BCUT2D eigenvalue weighted by Crippen LogP contribution is -2.49. The number of nitrogens with one attached hydrogen (secondary N) is 1. The number of anilines is 1. The van der Waals surface area contributed by atoms with Crippen LogP contribution in [-0.4, -0.2) is 51.0 Å². The fourth-order valence-electron chi connectivity index (χ4n) is 4.35. The lowest BCUT2D eigenvalue weighted by molar-refractivity contribution is -0.141. The molecule has 0 heterocycles. The second kappa shape index (κ2) is 13.6. The van der Waals surface area contributed by atoms with E-state index in [0.29, 0.717) is 5.56 Å². The molecule has 3 aromatic carbocycles. The molecule has 41 heavy (non-hydrogen) atoms. The number of nitrogens with zero attached hydrogens (tertiary/aromatic N) is 2. The van der Waals surface area contributed by atoms with Gasteiger partial charge in [0.2, 0.25) is 21.8 Å². The quantitative estimate of drug-likeness (QED) is 0.307. The molecule has 2 amide bonds. The fraction of sp³-hybridized carbons (Fsp3) is 0.310. The molecule has 0 spiro atoms. The summed E-state index contributed by atoms with van der Waals surface area (Å²) < 4.78 is 79.0. The highest BCUT2D eigenvalue weighted by Crippen LogP contribution is 2.32. The maximum absolute atomic E-state index is 13.6. The van der Waals surface area contributed by atoms with Crippen LogP contribution in [0.1, 0.15) is 29.5 Å². The standard InChI is InChI=1S/C29H31F4N3O4S/c1-34-28(38)26(18-21-8-4-3-5-9-21)35(20-22-13-15-24(30)16-14-22)27(37)12-7-17-36(41(2,39)40)25-11-6-10-23(19-25)29(31,32)33/h3-6,8-11,13-16,19,26H,7,12,17-18,20H2,1-2H3,(H,34,38)/t26-/m1/s1. The molecule has 220 valence electrons. The molecule has 0 saturated heterocycles. The van der Waals surface area contributed by atoms with Crippen molar-refractivity contribution in [1.82, 2.24) is 10.2 Å². The van der Waals surface area contributed by atoms with Gasteiger partial charge < -0.3 is 10.2 Å². The molecule has 1 N–H and O–H groups in total. The largest absolute Gasteiger partial charge is 0.416 e. The molecule has 0 aliphatic heterocycles. The number of sulfonamides is 1. The third-order valence-electron chi connectivity index (χ3n) is 6.40. The Bertz CT molecular complexity index is 1430. The number of rotatable bonds is 12. The van der Waals surface area contributed by atoms with Crippen molar-refractivity contribution in [3.63, 3.8) is 0 Å². The molecule has 1 atom stereocenters. The number of amides is 2. The molecule has 12 heteroatoms. The molecule has 0 radical (unpaired) electrons. The Morgan fingerprint density at radius 2 is 1.59 bits per heavy atom. The zero-order valence-electron chi connectivity index (χ0n) is 22.6. The van der Waals surface area contributed by atoms with Crippen LogP contribution in [0.5, 0.6) is 0 Å². The molecule has 0 aromatic heterocycles. The predicted molar refractivity (Wildman–Crippen MR) is 148 cm³/mol. The fourth-order valence-corrected chi connectivity index (χ4v) is 5.31. The minimum Gasteiger partial charge on any atom is -0.357 e. The number of hydrogen-bond donors (Lipinski definition) is 1. The summed E-state index contributed by atoms with van der Waals surface area (Å²) in [6.07, 6.45) is -3.84. The minimum atomic E-state index is -4.66. The van der Waals surface area contributed by atoms with E-state index in [1.807, 2.05) is 18.2 Å². The molecular formula is C29H31F4N3O4S. The first kappa shape index (κ1) is 31.6. The van der Waals surface area contributed by atoms with Crippen LogP contribution in [0.2, 0.25) is 0 Å². The van der Waals surface area contributed by atoms with E-state index in [2.05, 4.69) is 5.32 Å². The van der Waals surface area contributed by atoms with Gasteiger partial charge in [-0.2, -0.15) is 13.2 Å². The number of benzene rings is 3. The summed E-state index contributed by atoms with van der Waals surface area (Å²) in [5.41, 5.74) is 0.194. The van der Waals surface area contributed by atoms with Crippen LogP contribution >= 0.6 is 0 Å². The average molecular weight is 594 g/mol. The minimum absolute atomic E-state index is 0.0204. The second-order valence-electron chi connectivity index (χ2n) is 9.45. The number of hydrogen-bond acceptors (Lipinski definition) is 4. The van der Waals surface area contributed by atoms with Crippen LogP contribution in [-0.2, 0) is 38.8 Å². The van der Waals surface area contributed by atoms with E-state index in [1.54, 1.807) is 12.1 Å². The first-order valence-corrected chi connectivity index (χ1v) is 14.6. The van der Waals surface area contributed by atoms with Gasteiger partial charge in [0.1, 0.15) is 11.9 Å². The van der Waals surface area contributed by atoms with Crippen LogP contribution < -0.4 is 9.62 Å². The summed E-state index contributed by atoms with van der Waals surface area (Å²) in [5.74, 6) is -1.36. The highest BCUT2D eigenvalue weighted by molar-refractivity contribution is 7.92. The van der Waals surface area contributed by atoms with Gasteiger partial charge in [0, 0.05) is 33.0 Å². The van der Waals surface area contributed by atoms with Crippen molar-refractivity contribution < 1.29 is 35.6 Å². The summed E-state index contributed by atoms with van der Waals surface area (Å²) in [5, 5.41) is 2.58. The van der Waals surface area contributed by atoms with Crippen LogP contribution in [0.3, 0.4) is 0 Å². The smallest absolute Gasteiger partial charge is 0.357 e. The normalized spacial score (nSPS) is 12.4. The summed E-state index contributed by atoms with van der Waals surface area (Å²) in [7, 11) is -2.54. The van der Waals surface area contributed by atoms with Gasteiger partial charge in [-0.05, 0) is 47.9 Å². The third kappa shape index (κ3) is 9.04. The first-order chi connectivity index (χ1) is 19.3. The zero-order chi connectivity index (χ0) is 30.2. The number of carbonyl (C=O) groups excluding carboxylic acids is 2. The lowest BCUT2D eigenvalue weighted by atomic mass is 10.0. The maximum Gasteiger partial charge on any atom is 0.416 e. The Morgan fingerprint density at radius 1 is 0.927 bits per heavy atom. The van der Waals surface area contributed by atoms with Crippen LogP contribution in [0.15, 0.2) is 78.9 Å². The molecule has 0 aliphatic rings. The van der Waals surface area contributed by atoms with E-state index < -0.39 is 45.4 Å². The highest BCUT2D eigenvalue weighted by Gasteiger charge is 2.32. The van der Waals surface area contributed by atoms with Gasteiger partial charge >= 0.3 is 6.18 Å². The van der Waals surface area contributed by atoms with Gasteiger partial charge in [0.25, 0.3) is 0 Å². The van der Waals surface area contributed by atoms with Crippen molar-refractivity contribution in [3.05, 3.63) is 101 Å². The van der Waals surface area contributed by atoms with Gasteiger partial charge in [-0.3, -0.25) is 13.9 Å². The van der Waals surface area contributed by atoms with E-state index in [1.165, 1.54) is 42.3 Å². The summed E-state index contributed by atoms with van der Waals surface area (Å²) in [4.78, 5) is 27.9. The van der Waals surface area contributed by atoms with E-state index >= 15 is 0 Å². The van der Waals surface area contributed by atoms with Crippen LogP contribution in [0, 0.1) is 5.82 Å². The van der Waals surface area contributed by atoms with Crippen LogP contribution in [0.25, 0.3) is 0 Å². The molecule has 0 saturated carbocycles. The zero-order valence-corrected chi connectivity index (χ0v) is 23.4. The molecule has 0 aliphatic carbocycles. The number of likely N-dealkylation sites (N-methyl/N-ethyl adjacent to an activating group) is 1. The van der Waals surface area contributed by atoms with Gasteiger partial charge in [0.15, 0.2) is 0 Å². The molecule has 3 aromatic rings. The maximum atomic E-state index is 13.6. The van der Waals surface area contributed by atoms with Gasteiger partial charge in [-0.25, -0.2) is 12.8 Å². The van der Waals surface area contributed by atoms with E-state index in [0.717, 1.165) is 34.3 Å². The SMILES string of the molecule is CNC(=O)[C@@H](Cc1ccccc1)N(Cc1ccc(F)cc1)C(=O)CCCN(c1cccc(C(F)(F)F)c1)S(C)(=O)=O. The molecular weight excluding hydrogens is 562 g/mol. The Kier molecular flexibility index (Phi) is 10.5. The van der Waals surface area contributed by atoms with E-state index in [-0.39, 0.29) is 38.0 Å². The molecule has 0 fully saturated rings. The van der Waals surface area contributed by atoms with Crippen LogP contribution in [0.4, 0.5) is 23.2 Å². The molecule has 3 rings (SSSR count). The number of halogens is 4. The lowest BCUT2D eigenvalue weighted by Gasteiger charge is -2.31. The van der Waals surface area contributed by atoms with Crippen molar-refractivity contribution in [2.24, 2.45) is 0 Å². The highest BCUT2D eigenvalue weighted by atomic mass is 32.2. The monoisotopic (exact) mass is 593 g/mol. The van der Waals surface area contributed by atoms with Crippen molar-refractivity contribution in [1.29, 1.82) is 0 Å². The Hall–Kier alpha value is -3.93. The first-order valence-electron chi connectivity index (χ1n) is 12.7. The van der Waals surface area contributed by atoms with Gasteiger partial charge in [-0.1, -0.05) is 48.5 Å². The van der Waals surface area contributed by atoms with Crippen molar-refractivity contribution >= 4 is 27.5 Å². The van der Waals surface area contributed by atoms with E-state index in [9.17, 15) is 35.6 Å². The van der Waals surface area contributed by atoms with E-state index in [4.69, 9.17) is 0 Å². The summed E-state index contributed by atoms with van der Waals surface area (Å²) in [6, 6.07) is 17.5. The van der Waals surface area contributed by atoms with Gasteiger partial charge in [0.05, 0.1) is 17.5 Å². The Morgan fingerprint density at radius 3 is 2.17 bits per heavy atom. The molecule has 7 nitrogen and oxygen atoms in total. The van der Waals surface area contributed by atoms with Crippen molar-refractivity contribution in [3.8, 4) is 0 Å². The third-order valence-corrected chi connectivity index (χ3v) is 7.59.